The first-order valence-electron chi connectivity index (χ1n) is 7.35. The lowest BCUT2D eigenvalue weighted by molar-refractivity contribution is 0.397. The summed E-state index contributed by atoms with van der Waals surface area (Å²) in [4.78, 5) is 0. The Labute approximate surface area is 125 Å². The molecule has 1 atom stereocenters. The lowest BCUT2D eigenvalue weighted by Gasteiger charge is -2.27. The molecule has 3 rings (SSSR count). The maximum Gasteiger partial charge on any atom is 0.122 e. The van der Waals surface area contributed by atoms with E-state index in [1.165, 1.54) is 16.8 Å². The van der Waals surface area contributed by atoms with Crippen LogP contribution in [0.3, 0.4) is 0 Å². The van der Waals surface area contributed by atoms with E-state index in [4.69, 9.17) is 9.47 Å². The Balaban J connectivity index is 1.78. The van der Waals surface area contributed by atoms with Crippen LogP contribution >= 0.6 is 0 Å². The third-order valence-corrected chi connectivity index (χ3v) is 4.09. The van der Waals surface area contributed by atoms with Gasteiger partial charge in [-0.1, -0.05) is 18.2 Å². The molecule has 0 spiro atoms. The fourth-order valence-corrected chi connectivity index (χ4v) is 2.96. The molecule has 1 unspecified atom stereocenters. The van der Waals surface area contributed by atoms with E-state index in [1.807, 2.05) is 12.1 Å². The smallest absolute Gasteiger partial charge is 0.122 e. The number of fused-ring (bicyclic) bond motifs is 1. The molecule has 1 N–H and O–H groups in total. The van der Waals surface area contributed by atoms with Gasteiger partial charge in [-0.3, -0.25) is 0 Å². The number of rotatable bonds is 4. The molecule has 2 aromatic rings. The van der Waals surface area contributed by atoms with Crippen molar-refractivity contribution in [3.63, 3.8) is 0 Å². The minimum atomic E-state index is 0.431. The Morgan fingerprint density at radius 3 is 2.76 bits per heavy atom. The van der Waals surface area contributed by atoms with Crippen LogP contribution in [-0.2, 0) is 12.8 Å². The molecular formula is C18H21NO2. The topological polar surface area (TPSA) is 30.5 Å². The highest BCUT2D eigenvalue weighted by Crippen LogP contribution is 2.30. The van der Waals surface area contributed by atoms with Crippen LogP contribution < -0.4 is 14.8 Å². The van der Waals surface area contributed by atoms with Crippen molar-refractivity contribution in [1.29, 1.82) is 0 Å². The standard InChI is InChI=1S/C18H21NO2/c1-20-16-9-10-18(21-2)14(12-16)11-15-8-7-13-5-3-4-6-17(13)19-15/h3-6,9-10,12,15,19H,7-8,11H2,1-2H3. The number of aryl methyl sites for hydroxylation is 1. The van der Waals surface area contributed by atoms with Gasteiger partial charge in [-0.2, -0.15) is 0 Å². The van der Waals surface area contributed by atoms with Gasteiger partial charge in [0.2, 0.25) is 0 Å². The molecule has 0 fully saturated rings. The number of anilines is 1. The van der Waals surface area contributed by atoms with Crippen LogP contribution in [0.15, 0.2) is 42.5 Å². The van der Waals surface area contributed by atoms with Crippen LogP contribution in [0.5, 0.6) is 11.5 Å². The third-order valence-electron chi connectivity index (χ3n) is 4.09. The molecule has 110 valence electrons. The highest BCUT2D eigenvalue weighted by Gasteiger charge is 2.19. The molecule has 2 aromatic carbocycles. The normalized spacial score (nSPS) is 16.8. The molecule has 0 amide bonds. The van der Waals surface area contributed by atoms with E-state index in [-0.39, 0.29) is 0 Å². The zero-order valence-corrected chi connectivity index (χ0v) is 12.6. The van der Waals surface area contributed by atoms with Crippen molar-refractivity contribution in [2.24, 2.45) is 0 Å². The lowest BCUT2D eigenvalue weighted by Crippen LogP contribution is -2.27. The van der Waals surface area contributed by atoms with Crippen molar-refractivity contribution < 1.29 is 9.47 Å². The van der Waals surface area contributed by atoms with Gasteiger partial charge in [-0.15, -0.1) is 0 Å². The average Bonchev–Trinajstić information content (AvgIpc) is 2.54. The quantitative estimate of drug-likeness (QED) is 0.928. The first kappa shape index (κ1) is 13.8. The van der Waals surface area contributed by atoms with Crippen LogP contribution in [0, 0.1) is 0 Å². The molecule has 1 heterocycles. The van der Waals surface area contributed by atoms with Crippen LogP contribution in [0.1, 0.15) is 17.5 Å². The van der Waals surface area contributed by atoms with E-state index in [1.54, 1.807) is 14.2 Å². The second-order valence-corrected chi connectivity index (χ2v) is 5.42. The molecule has 3 nitrogen and oxygen atoms in total. The minimum Gasteiger partial charge on any atom is -0.497 e. The van der Waals surface area contributed by atoms with Gasteiger partial charge in [0, 0.05) is 11.7 Å². The molecular weight excluding hydrogens is 262 g/mol. The monoisotopic (exact) mass is 283 g/mol. The molecule has 21 heavy (non-hydrogen) atoms. The Bertz CT molecular complexity index is 624. The van der Waals surface area contributed by atoms with Gasteiger partial charge in [0.1, 0.15) is 11.5 Å². The van der Waals surface area contributed by atoms with Crippen LogP contribution in [0.2, 0.25) is 0 Å². The van der Waals surface area contributed by atoms with E-state index >= 15 is 0 Å². The summed E-state index contributed by atoms with van der Waals surface area (Å²) in [5.74, 6) is 1.80. The van der Waals surface area contributed by atoms with Gasteiger partial charge >= 0.3 is 0 Å². The first-order chi connectivity index (χ1) is 10.3. The Morgan fingerprint density at radius 2 is 1.95 bits per heavy atom. The van der Waals surface area contributed by atoms with Crippen LogP contribution in [-0.4, -0.2) is 20.3 Å². The van der Waals surface area contributed by atoms with E-state index in [9.17, 15) is 0 Å². The van der Waals surface area contributed by atoms with Gasteiger partial charge in [0.15, 0.2) is 0 Å². The van der Waals surface area contributed by atoms with Crippen molar-refractivity contribution >= 4 is 5.69 Å². The number of para-hydroxylation sites is 1. The highest BCUT2D eigenvalue weighted by molar-refractivity contribution is 5.54. The number of nitrogens with one attached hydrogen (secondary N) is 1. The second-order valence-electron chi connectivity index (χ2n) is 5.42. The predicted octanol–water partition coefficient (Wildman–Crippen LogP) is 3.67. The van der Waals surface area contributed by atoms with Crippen molar-refractivity contribution in [3.8, 4) is 11.5 Å². The summed E-state index contributed by atoms with van der Waals surface area (Å²) in [5, 5.41) is 3.64. The Hall–Kier alpha value is -2.16. The summed E-state index contributed by atoms with van der Waals surface area (Å²) in [6.07, 6.45) is 3.20. The van der Waals surface area contributed by atoms with Crippen LogP contribution in [0.25, 0.3) is 0 Å². The van der Waals surface area contributed by atoms with Crippen molar-refractivity contribution in [3.05, 3.63) is 53.6 Å². The lowest BCUT2D eigenvalue weighted by atomic mass is 9.93. The summed E-state index contributed by atoms with van der Waals surface area (Å²) < 4.78 is 10.8. The average molecular weight is 283 g/mol. The molecule has 0 bridgehead atoms. The fraction of sp³-hybridized carbons (Fsp3) is 0.333. The summed E-state index contributed by atoms with van der Waals surface area (Å²) in [7, 11) is 3.41. The Kier molecular flexibility index (Phi) is 4.00. The maximum absolute atomic E-state index is 5.47. The molecule has 0 aromatic heterocycles. The fourth-order valence-electron chi connectivity index (χ4n) is 2.96. The summed E-state index contributed by atoms with van der Waals surface area (Å²) in [6, 6.07) is 15.0. The number of hydrogen-bond donors (Lipinski definition) is 1. The van der Waals surface area contributed by atoms with E-state index in [0.29, 0.717) is 6.04 Å². The minimum absolute atomic E-state index is 0.431. The van der Waals surface area contributed by atoms with Crippen molar-refractivity contribution in [1.82, 2.24) is 0 Å². The molecule has 0 saturated heterocycles. The van der Waals surface area contributed by atoms with Gasteiger partial charge < -0.3 is 14.8 Å². The summed E-state index contributed by atoms with van der Waals surface area (Å²) >= 11 is 0. The van der Waals surface area contributed by atoms with E-state index in [2.05, 4.69) is 35.6 Å². The second kappa shape index (κ2) is 6.08. The number of methoxy groups -OCH3 is 2. The summed E-state index contributed by atoms with van der Waals surface area (Å²) in [5.41, 5.74) is 3.86. The predicted molar refractivity (Wildman–Crippen MR) is 85.4 cm³/mol. The SMILES string of the molecule is COc1ccc(OC)c(CC2CCc3ccccc3N2)c1. The molecule has 0 saturated carbocycles. The third kappa shape index (κ3) is 2.97. The van der Waals surface area contributed by atoms with Crippen LogP contribution in [0.4, 0.5) is 5.69 Å². The van der Waals surface area contributed by atoms with Gasteiger partial charge in [-0.05, 0) is 54.7 Å². The number of hydrogen-bond acceptors (Lipinski definition) is 3. The van der Waals surface area contributed by atoms with Gasteiger partial charge in [0.25, 0.3) is 0 Å². The Morgan fingerprint density at radius 1 is 1.10 bits per heavy atom. The number of benzene rings is 2. The molecule has 0 radical (unpaired) electrons. The first-order valence-corrected chi connectivity index (χ1v) is 7.35. The van der Waals surface area contributed by atoms with E-state index < -0.39 is 0 Å². The zero-order valence-electron chi connectivity index (χ0n) is 12.6. The molecule has 0 aliphatic carbocycles. The molecule has 3 heteroatoms. The zero-order chi connectivity index (χ0) is 14.7. The van der Waals surface area contributed by atoms with Gasteiger partial charge in [0.05, 0.1) is 14.2 Å². The van der Waals surface area contributed by atoms with Crippen molar-refractivity contribution in [2.45, 2.75) is 25.3 Å². The maximum atomic E-state index is 5.47. The number of ether oxygens (including phenoxy) is 2. The molecule has 1 aliphatic heterocycles. The van der Waals surface area contributed by atoms with Gasteiger partial charge in [-0.25, -0.2) is 0 Å². The van der Waals surface area contributed by atoms with Crippen molar-refractivity contribution in [2.75, 3.05) is 19.5 Å². The van der Waals surface area contributed by atoms with E-state index in [0.717, 1.165) is 30.8 Å². The summed E-state index contributed by atoms with van der Waals surface area (Å²) in [6.45, 7) is 0. The largest absolute Gasteiger partial charge is 0.497 e. The molecule has 1 aliphatic rings. The highest BCUT2D eigenvalue weighted by atomic mass is 16.5.